The number of nitriles is 2. The standard InChI is InChI=1S/C33H38N2O7/c1-7-39-30-15-23(13-25(17-34)32(37)21(3)4)9-11-28(30)41-19-27(36)20-42-29-12-10-24(16-31(29)40-8-2)14-26(18-35)33(38)22(5)6/h9-16,21-22,27,36H,7-8,19-20H2,1-6H3. The van der Waals surface area contributed by atoms with Gasteiger partial charge in [0.15, 0.2) is 34.6 Å². The Morgan fingerprint density at radius 2 is 1.10 bits per heavy atom. The molecular weight excluding hydrogens is 536 g/mol. The third-order valence-electron chi connectivity index (χ3n) is 5.84. The Hall–Kier alpha value is -4.60. The Morgan fingerprint density at radius 1 is 0.714 bits per heavy atom. The van der Waals surface area contributed by atoms with Crippen LogP contribution in [-0.4, -0.2) is 49.2 Å². The Bertz CT molecular complexity index is 1290. The maximum absolute atomic E-state index is 12.3. The van der Waals surface area contributed by atoms with Crippen LogP contribution in [0.4, 0.5) is 0 Å². The summed E-state index contributed by atoms with van der Waals surface area (Å²) in [7, 11) is 0. The molecule has 0 aliphatic heterocycles. The number of carbonyl (C=O) groups excluding carboxylic acids is 2. The molecule has 1 N–H and O–H groups in total. The minimum absolute atomic E-state index is 0.0544. The van der Waals surface area contributed by atoms with E-state index in [1.165, 1.54) is 12.2 Å². The van der Waals surface area contributed by atoms with Crippen molar-refractivity contribution < 1.29 is 33.6 Å². The third kappa shape index (κ3) is 9.79. The first-order valence-electron chi connectivity index (χ1n) is 13.8. The van der Waals surface area contributed by atoms with E-state index in [-0.39, 0.29) is 47.8 Å². The van der Waals surface area contributed by atoms with E-state index < -0.39 is 6.10 Å². The average Bonchev–Trinajstić information content (AvgIpc) is 2.97. The van der Waals surface area contributed by atoms with Crippen LogP contribution >= 0.6 is 0 Å². The van der Waals surface area contributed by atoms with Crippen molar-refractivity contribution in [3.63, 3.8) is 0 Å². The van der Waals surface area contributed by atoms with E-state index in [9.17, 15) is 25.2 Å². The van der Waals surface area contributed by atoms with E-state index in [1.807, 2.05) is 26.0 Å². The van der Waals surface area contributed by atoms with Crippen molar-refractivity contribution in [2.24, 2.45) is 11.8 Å². The minimum atomic E-state index is -1.00. The summed E-state index contributed by atoms with van der Waals surface area (Å²) in [5, 5.41) is 29.3. The molecular formula is C33H38N2O7. The molecule has 0 atom stereocenters. The van der Waals surface area contributed by atoms with Crippen LogP contribution in [0.15, 0.2) is 47.5 Å². The van der Waals surface area contributed by atoms with E-state index >= 15 is 0 Å². The van der Waals surface area contributed by atoms with E-state index in [2.05, 4.69) is 0 Å². The van der Waals surface area contributed by atoms with Crippen molar-refractivity contribution in [1.82, 2.24) is 0 Å². The predicted molar refractivity (Wildman–Crippen MR) is 159 cm³/mol. The van der Waals surface area contributed by atoms with Gasteiger partial charge in [-0.05, 0) is 61.4 Å². The number of hydrogen-bond donors (Lipinski definition) is 1. The molecule has 0 heterocycles. The number of allylic oxidation sites excluding steroid dienone is 2. The zero-order valence-electron chi connectivity index (χ0n) is 25.0. The Morgan fingerprint density at radius 3 is 1.40 bits per heavy atom. The Balaban J connectivity index is 2.13. The molecule has 0 saturated carbocycles. The summed E-state index contributed by atoms with van der Waals surface area (Å²) in [4.78, 5) is 24.5. The minimum Gasteiger partial charge on any atom is -0.490 e. The second kappa shape index (κ2) is 16.6. The van der Waals surface area contributed by atoms with Gasteiger partial charge in [-0.15, -0.1) is 0 Å². The molecule has 2 aromatic carbocycles. The van der Waals surface area contributed by atoms with Crippen LogP contribution in [0.5, 0.6) is 23.0 Å². The van der Waals surface area contributed by atoms with E-state index in [0.717, 1.165) is 0 Å². The van der Waals surface area contributed by atoms with Gasteiger partial charge in [0.1, 0.15) is 31.5 Å². The SMILES string of the molecule is CCOc1cc(C=C(C#N)C(=O)C(C)C)ccc1OCC(O)COc1ccc(C=C(C#N)C(=O)C(C)C)cc1OCC. The molecule has 9 nitrogen and oxygen atoms in total. The van der Waals surface area contributed by atoms with Gasteiger partial charge in [0.2, 0.25) is 0 Å². The molecule has 0 aromatic heterocycles. The topological polar surface area (TPSA) is 139 Å². The maximum atomic E-state index is 12.3. The van der Waals surface area contributed by atoms with Gasteiger partial charge in [-0.25, -0.2) is 0 Å². The van der Waals surface area contributed by atoms with Crippen molar-refractivity contribution in [1.29, 1.82) is 10.5 Å². The number of ether oxygens (including phenoxy) is 4. The zero-order valence-corrected chi connectivity index (χ0v) is 25.0. The molecule has 42 heavy (non-hydrogen) atoms. The van der Waals surface area contributed by atoms with Crippen molar-refractivity contribution >= 4 is 23.7 Å². The lowest BCUT2D eigenvalue weighted by Gasteiger charge is -2.17. The summed E-state index contributed by atoms with van der Waals surface area (Å²) >= 11 is 0. The number of nitrogens with zero attached hydrogens (tertiary/aromatic N) is 2. The number of carbonyl (C=O) groups is 2. The average molecular weight is 575 g/mol. The second-order valence-electron chi connectivity index (χ2n) is 9.93. The molecule has 0 saturated heterocycles. The number of rotatable bonds is 16. The number of benzene rings is 2. The lowest BCUT2D eigenvalue weighted by atomic mass is 10.00. The van der Waals surface area contributed by atoms with Crippen LogP contribution in [-0.2, 0) is 9.59 Å². The van der Waals surface area contributed by atoms with Gasteiger partial charge in [0.25, 0.3) is 0 Å². The fourth-order valence-corrected chi connectivity index (χ4v) is 3.70. The number of ketones is 2. The highest BCUT2D eigenvalue weighted by atomic mass is 16.5. The van der Waals surface area contributed by atoms with E-state index in [1.54, 1.807) is 64.1 Å². The van der Waals surface area contributed by atoms with Gasteiger partial charge >= 0.3 is 0 Å². The largest absolute Gasteiger partial charge is 0.490 e. The van der Waals surface area contributed by atoms with Gasteiger partial charge in [-0.3, -0.25) is 9.59 Å². The molecule has 2 rings (SSSR count). The lowest BCUT2D eigenvalue weighted by molar-refractivity contribution is -0.118. The highest BCUT2D eigenvalue weighted by Gasteiger charge is 2.17. The van der Waals surface area contributed by atoms with Gasteiger partial charge in [-0.2, -0.15) is 10.5 Å². The van der Waals surface area contributed by atoms with Gasteiger partial charge in [0, 0.05) is 11.8 Å². The summed E-state index contributed by atoms with van der Waals surface area (Å²) in [6.45, 7) is 11.1. The smallest absolute Gasteiger partial charge is 0.175 e. The van der Waals surface area contributed by atoms with Crippen molar-refractivity contribution in [2.75, 3.05) is 26.4 Å². The second-order valence-corrected chi connectivity index (χ2v) is 9.93. The monoisotopic (exact) mass is 574 g/mol. The van der Waals surface area contributed by atoms with Crippen LogP contribution in [0.1, 0.15) is 52.7 Å². The normalized spacial score (nSPS) is 12.4. The molecule has 222 valence electrons. The zero-order chi connectivity index (χ0) is 31.2. The number of hydrogen-bond acceptors (Lipinski definition) is 9. The maximum Gasteiger partial charge on any atom is 0.175 e. The number of Topliss-reactive ketones (excluding diaryl/α,β-unsaturated/α-hetero) is 2. The molecule has 0 aliphatic carbocycles. The van der Waals surface area contributed by atoms with Gasteiger partial charge in [0.05, 0.1) is 24.4 Å². The fourth-order valence-electron chi connectivity index (χ4n) is 3.70. The van der Waals surface area contributed by atoms with Crippen LogP contribution in [0, 0.1) is 34.5 Å². The van der Waals surface area contributed by atoms with Crippen LogP contribution in [0.25, 0.3) is 12.2 Å². The lowest BCUT2D eigenvalue weighted by Crippen LogP contribution is -2.25. The Kier molecular flexibility index (Phi) is 13.3. The molecule has 0 unspecified atom stereocenters. The van der Waals surface area contributed by atoms with Crippen LogP contribution in [0.2, 0.25) is 0 Å². The van der Waals surface area contributed by atoms with Crippen molar-refractivity contribution in [3.05, 3.63) is 58.7 Å². The summed E-state index contributed by atoms with van der Waals surface area (Å²) in [5.41, 5.74) is 1.33. The Labute approximate surface area is 247 Å². The molecule has 0 aliphatic rings. The third-order valence-corrected chi connectivity index (χ3v) is 5.84. The van der Waals surface area contributed by atoms with Crippen molar-refractivity contribution in [3.8, 4) is 35.1 Å². The summed E-state index contributed by atoms with van der Waals surface area (Å²) in [6, 6.07) is 13.9. The molecule has 2 aromatic rings. The molecule has 9 heteroatoms. The highest BCUT2D eigenvalue weighted by molar-refractivity contribution is 6.04. The summed E-state index contributed by atoms with van der Waals surface area (Å²) in [6.07, 6.45) is 2.02. The number of aliphatic hydroxyl groups excluding tert-OH is 1. The van der Waals surface area contributed by atoms with Crippen LogP contribution < -0.4 is 18.9 Å². The molecule has 0 spiro atoms. The highest BCUT2D eigenvalue weighted by Crippen LogP contribution is 2.31. The quantitative estimate of drug-likeness (QED) is 0.201. The van der Waals surface area contributed by atoms with Crippen LogP contribution in [0.3, 0.4) is 0 Å². The predicted octanol–water partition coefficient (Wildman–Crippen LogP) is 5.57. The fraction of sp³-hybridized carbons (Fsp3) is 0.394. The first-order chi connectivity index (χ1) is 20.0. The first kappa shape index (κ1) is 33.6. The van der Waals surface area contributed by atoms with Crippen molar-refractivity contribution in [2.45, 2.75) is 47.6 Å². The summed E-state index contributed by atoms with van der Waals surface area (Å²) in [5.74, 6) is 0.493. The van der Waals surface area contributed by atoms with E-state index in [4.69, 9.17) is 18.9 Å². The molecule has 0 amide bonds. The van der Waals surface area contributed by atoms with Gasteiger partial charge < -0.3 is 24.1 Å². The number of aliphatic hydroxyl groups is 1. The van der Waals surface area contributed by atoms with E-state index in [0.29, 0.717) is 47.3 Å². The molecule has 0 radical (unpaired) electrons. The molecule has 0 bridgehead atoms. The summed E-state index contributed by atoms with van der Waals surface area (Å²) < 4.78 is 23.0. The van der Waals surface area contributed by atoms with Gasteiger partial charge in [-0.1, -0.05) is 39.8 Å². The molecule has 0 fully saturated rings. The first-order valence-corrected chi connectivity index (χ1v) is 13.8.